The highest BCUT2D eigenvalue weighted by Crippen LogP contribution is 2.09. The zero-order chi connectivity index (χ0) is 12.0. The Balaban J connectivity index is 2.73. The first-order valence-corrected chi connectivity index (χ1v) is 5.23. The van der Waals surface area contributed by atoms with Crippen LogP contribution < -0.4 is 5.32 Å². The lowest BCUT2D eigenvalue weighted by atomic mass is 10.0. The third-order valence-electron chi connectivity index (χ3n) is 2.17. The normalized spacial score (nSPS) is 9.81. The Labute approximate surface area is 94.3 Å². The van der Waals surface area contributed by atoms with Crippen molar-refractivity contribution in [2.75, 3.05) is 6.54 Å². The van der Waals surface area contributed by atoms with Crippen molar-refractivity contribution in [2.24, 2.45) is 0 Å². The number of rotatable bonds is 5. The molecule has 0 fully saturated rings. The first-order valence-electron chi connectivity index (χ1n) is 5.23. The summed E-state index contributed by atoms with van der Waals surface area (Å²) in [6, 6.07) is 6.55. The Morgan fingerprint density at radius 2 is 2.00 bits per heavy atom. The van der Waals surface area contributed by atoms with Gasteiger partial charge in [0, 0.05) is 6.54 Å². The first-order chi connectivity index (χ1) is 7.65. The van der Waals surface area contributed by atoms with Gasteiger partial charge in [0.2, 0.25) is 5.91 Å². The number of amides is 1. The van der Waals surface area contributed by atoms with Gasteiger partial charge in [0.15, 0.2) is 0 Å². The summed E-state index contributed by atoms with van der Waals surface area (Å²) < 4.78 is 0. The van der Waals surface area contributed by atoms with Gasteiger partial charge in [0.25, 0.3) is 0 Å². The van der Waals surface area contributed by atoms with E-state index in [2.05, 4.69) is 5.32 Å². The second-order valence-corrected chi connectivity index (χ2v) is 3.49. The smallest absolute Gasteiger partial charge is 0.335 e. The fourth-order valence-electron chi connectivity index (χ4n) is 1.38. The summed E-state index contributed by atoms with van der Waals surface area (Å²) in [6.45, 7) is 2.58. The summed E-state index contributed by atoms with van der Waals surface area (Å²) in [6.07, 6.45) is 0.981. The van der Waals surface area contributed by atoms with Crippen LogP contribution in [0.1, 0.15) is 29.3 Å². The zero-order valence-corrected chi connectivity index (χ0v) is 9.19. The predicted octanol–water partition coefficient (Wildman–Crippen LogP) is 1.45. The Bertz CT molecular complexity index is 388. The highest BCUT2D eigenvalue weighted by molar-refractivity contribution is 5.91. The molecule has 0 aromatic heterocycles. The van der Waals surface area contributed by atoms with E-state index in [0.29, 0.717) is 12.1 Å². The van der Waals surface area contributed by atoms with Crippen molar-refractivity contribution in [3.05, 3.63) is 35.4 Å². The van der Waals surface area contributed by atoms with Crippen LogP contribution >= 0.6 is 0 Å². The van der Waals surface area contributed by atoms with E-state index < -0.39 is 5.97 Å². The van der Waals surface area contributed by atoms with Gasteiger partial charge in [-0.3, -0.25) is 4.79 Å². The van der Waals surface area contributed by atoms with Crippen LogP contribution in [-0.2, 0) is 11.2 Å². The molecule has 0 saturated carbocycles. The van der Waals surface area contributed by atoms with E-state index in [1.165, 1.54) is 6.07 Å². The van der Waals surface area contributed by atoms with Gasteiger partial charge in [-0.25, -0.2) is 4.79 Å². The highest BCUT2D eigenvalue weighted by atomic mass is 16.4. The number of carbonyl (C=O) groups excluding carboxylic acids is 1. The minimum atomic E-state index is -1.00. The average molecular weight is 221 g/mol. The molecule has 1 aromatic rings. The lowest BCUT2D eigenvalue weighted by Crippen LogP contribution is -2.26. The second-order valence-electron chi connectivity index (χ2n) is 3.49. The molecule has 2 N–H and O–H groups in total. The molecule has 1 amide bonds. The molecule has 4 heteroatoms. The van der Waals surface area contributed by atoms with Crippen molar-refractivity contribution in [2.45, 2.75) is 19.8 Å². The molecule has 1 aromatic carbocycles. The van der Waals surface area contributed by atoms with Crippen molar-refractivity contribution < 1.29 is 14.7 Å². The van der Waals surface area contributed by atoms with Crippen molar-refractivity contribution in [3.63, 3.8) is 0 Å². The molecule has 0 bridgehead atoms. The molecule has 16 heavy (non-hydrogen) atoms. The summed E-state index contributed by atoms with van der Waals surface area (Å²) in [7, 11) is 0. The fourth-order valence-corrected chi connectivity index (χ4v) is 1.38. The minimum absolute atomic E-state index is 0.114. The Morgan fingerprint density at radius 3 is 2.62 bits per heavy atom. The molecule has 4 nitrogen and oxygen atoms in total. The van der Waals surface area contributed by atoms with Crippen LogP contribution in [0.25, 0.3) is 0 Å². The van der Waals surface area contributed by atoms with E-state index in [4.69, 9.17) is 5.11 Å². The zero-order valence-electron chi connectivity index (χ0n) is 9.19. The number of carboxylic acid groups (broad SMARTS) is 1. The minimum Gasteiger partial charge on any atom is -0.478 e. The van der Waals surface area contributed by atoms with Gasteiger partial charge in [-0.15, -0.1) is 0 Å². The molecule has 86 valence electrons. The van der Waals surface area contributed by atoms with Crippen LogP contribution in [0.4, 0.5) is 0 Å². The van der Waals surface area contributed by atoms with Crippen LogP contribution in [0.15, 0.2) is 24.3 Å². The van der Waals surface area contributed by atoms with E-state index in [9.17, 15) is 9.59 Å². The lowest BCUT2D eigenvalue weighted by Gasteiger charge is -2.06. The molecule has 1 rings (SSSR count). The maximum absolute atomic E-state index is 11.4. The van der Waals surface area contributed by atoms with Gasteiger partial charge in [0.05, 0.1) is 12.0 Å². The number of benzene rings is 1. The molecule has 0 aliphatic heterocycles. The number of nitrogens with one attached hydrogen (secondary N) is 1. The molecular weight excluding hydrogens is 206 g/mol. The largest absolute Gasteiger partial charge is 0.478 e. The van der Waals surface area contributed by atoms with Crippen LogP contribution in [-0.4, -0.2) is 23.5 Å². The lowest BCUT2D eigenvalue weighted by molar-refractivity contribution is -0.120. The Kier molecular flexibility index (Phi) is 4.51. The van der Waals surface area contributed by atoms with E-state index in [1.807, 2.05) is 6.92 Å². The monoisotopic (exact) mass is 221 g/mol. The number of carboxylic acids is 1. The first kappa shape index (κ1) is 12.2. The Morgan fingerprint density at radius 1 is 1.31 bits per heavy atom. The van der Waals surface area contributed by atoms with Crippen molar-refractivity contribution in [1.29, 1.82) is 0 Å². The molecule has 0 atom stereocenters. The second kappa shape index (κ2) is 5.90. The molecule has 0 spiro atoms. The molecule has 0 radical (unpaired) electrons. The van der Waals surface area contributed by atoms with E-state index in [1.54, 1.807) is 18.2 Å². The van der Waals surface area contributed by atoms with E-state index in [0.717, 1.165) is 6.42 Å². The van der Waals surface area contributed by atoms with Crippen LogP contribution in [0.3, 0.4) is 0 Å². The molecule has 0 heterocycles. The quantitative estimate of drug-likeness (QED) is 0.790. The predicted molar refractivity (Wildman–Crippen MR) is 60.4 cm³/mol. The summed E-state index contributed by atoms with van der Waals surface area (Å²) in [4.78, 5) is 22.3. The number of carbonyl (C=O) groups is 2. The third kappa shape index (κ3) is 3.38. The maximum atomic E-state index is 11.4. The van der Waals surface area contributed by atoms with Gasteiger partial charge in [0.1, 0.15) is 0 Å². The van der Waals surface area contributed by atoms with Crippen LogP contribution in [0, 0.1) is 0 Å². The van der Waals surface area contributed by atoms with Gasteiger partial charge in [-0.1, -0.05) is 25.1 Å². The topological polar surface area (TPSA) is 66.4 Å². The summed E-state index contributed by atoms with van der Waals surface area (Å²) in [5.74, 6) is -1.14. The van der Waals surface area contributed by atoms with Gasteiger partial charge in [-0.2, -0.15) is 0 Å². The molecule has 0 aliphatic rings. The number of hydrogen-bond donors (Lipinski definition) is 2. The van der Waals surface area contributed by atoms with Crippen LogP contribution in [0.2, 0.25) is 0 Å². The van der Waals surface area contributed by atoms with Crippen molar-refractivity contribution >= 4 is 11.9 Å². The average Bonchev–Trinajstić information content (AvgIpc) is 2.27. The molecule has 0 unspecified atom stereocenters. The summed E-state index contributed by atoms with van der Waals surface area (Å²) >= 11 is 0. The molecule has 0 aliphatic carbocycles. The summed E-state index contributed by atoms with van der Waals surface area (Å²) in [5, 5.41) is 11.6. The summed E-state index contributed by atoms with van der Waals surface area (Å²) in [5.41, 5.74) is 0.734. The standard InChI is InChI=1S/C12H15NO3/c1-2-7-13-11(14)8-9-5-3-4-6-10(9)12(15)16/h3-6H,2,7-8H2,1H3,(H,13,14)(H,15,16). The van der Waals surface area contributed by atoms with Gasteiger partial charge < -0.3 is 10.4 Å². The number of hydrogen-bond acceptors (Lipinski definition) is 2. The van der Waals surface area contributed by atoms with Gasteiger partial charge >= 0.3 is 5.97 Å². The van der Waals surface area contributed by atoms with Gasteiger partial charge in [-0.05, 0) is 18.1 Å². The maximum Gasteiger partial charge on any atom is 0.335 e. The van der Waals surface area contributed by atoms with E-state index in [-0.39, 0.29) is 17.9 Å². The highest BCUT2D eigenvalue weighted by Gasteiger charge is 2.11. The molecule has 0 saturated heterocycles. The fraction of sp³-hybridized carbons (Fsp3) is 0.333. The molecular formula is C12H15NO3. The van der Waals surface area contributed by atoms with Crippen LogP contribution in [0.5, 0.6) is 0 Å². The number of aromatic carboxylic acids is 1. The third-order valence-corrected chi connectivity index (χ3v) is 2.17. The Hall–Kier alpha value is -1.84. The SMILES string of the molecule is CCCNC(=O)Cc1ccccc1C(=O)O. The van der Waals surface area contributed by atoms with Crippen molar-refractivity contribution in [3.8, 4) is 0 Å². The van der Waals surface area contributed by atoms with E-state index >= 15 is 0 Å². The van der Waals surface area contributed by atoms with Crippen molar-refractivity contribution in [1.82, 2.24) is 5.32 Å².